The smallest absolute Gasteiger partial charge is 0.125 e. The fourth-order valence-electron chi connectivity index (χ4n) is 1.74. The summed E-state index contributed by atoms with van der Waals surface area (Å²) in [5.41, 5.74) is 1.81. The quantitative estimate of drug-likeness (QED) is 0.799. The summed E-state index contributed by atoms with van der Waals surface area (Å²) >= 11 is 0. The van der Waals surface area contributed by atoms with Gasteiger partial charge in [-0.3, -0.25) is 0 Å². The molecule has 1 rings (SSSR count). The number of hydrogen-bond donors (Lipinski definition) is 1. The summed E-state index contributed by atoms with van der Waals surface area (Å²) in [6.45, 7) is 10.2. The van der Waals surface area contributed by atoms with Crippen LogP contribution in [-0.2, 0) is 0 Å². The van der Waals surface area contributed by atoms with E-state index >= 15 is 0 Å². The van der Waals surface area contributed by atoms with Gasteiger partial charge in [-0.2, -0.15) is 0 Å². The molecule has 1 N–H and O–H groups in total. The molecule has 0 aliphatic rings. The molecule has 0 amide bonds. The normalized spacial score (nSPS) is 10.8. The van der Waals surface area contributed by atoms with E-state index in [2.05, 4.69) is 24.1 Å². The Hall–Kier alpha value is -1.09. The van der Waals surface area contributed by atoms with Crippen molar-refractivity contribution in [2.45, 2.75) is 20.8 Å². The lowest BCUT2D eigenvalue weighted by molar-refractivity contribution is 0.316. The van der Waals surface area contributed by atoms with E-state index in [9.17, 15) is 4.39 Å². The lowest BCUT2D eigenvalue weighted by atomic mass is 10.2. The Labute approximate surface area is 97.5 Å². The highest BCUT2D eigenvalue weighted by molar-refractivity contribution is 5.45. The van der Waals surface area contributed by atoms with Crippen molar-refractivity contribution < 1.29 is 4.39 Å². The van der Waals surface area contributed by atoms with Gasteiger partial charge in [-0.25, -0.2) is 4.39 Å². The molecule has 0 unspecified atom stereocenters. The van der Waals surface area contributed by atoms with Crippen molar-refractivity contribution in [3.05, 3.63) is 29.6 Å². The van der Waals surface area contributed by atoms with Crippen LogP contribution < -0.4 is 5.32 Å². The number of nitrogens with zero attached hydrogens (tertiary/aromatic N) is 1. The predicted molar refractivity (Wildman–Crippen MR) is 67.4 cm³/mol. The largest absolute Gasteiger partial charge is 0.384 e. The maximum atomic E-state index is 13.1. The molecule has 1 aromatic rings. The Balaban J connectivity index is 2.42. The van der Waals surface area contributed by atoms with Crippen LogP contribution in [0.15, 0.2) is 18.2 Å². The van der Waals surface area contributed by atoms with Gasteiger partial charge in [0.05, 0.1) is 0 Å². The Bertz CT molecular complexity index is 301. The number of benzene rings is 1. The molecule has 0 atom stereocenters. The van der Waals surface area contributed by atoms with Gasteiger partial charge in [0.2, 0.25) is 0 Å². The van der Waals surface area contributed by atoms with Crippen LogP contribution in [0, 0.1) is 12.7 Å². The van der Waals surface area contributed by atoms with E-state index in [0.717, 1.165) is 37.4 Å². The highest BCUT2D eigenvalue weighted by Gasteiger charge is 2.00. The molecule has 3 heteroatoms. The van der Waals surface area contributed by atoms with Gasteiger partial charge in [0.1, 0.15) is 5.82 Å². The third-order valence-electron chi connectivity index (χ3n) is 2.69. The first-order valence-corrected chi connectivity index (χ1v) is 5.89. The second-order valence-electron chi connectivity index (χ2n) is 3.97. The molecule has 0 fully saturated rings. The SMILES string of the molecule is CCN(CC)CCNc1cc(C)cc(F)c1. The van der Waals surface area contributed by atoms with Crippen molar-refractivity contribution in [2.24, 2.45) is 0 Å². The molecule has 0 spiro atoms. The highest BCUT2D eigenvalue weighted by atomic mass is 19.1. The highest BCUT2D eigenvalue weighted by Crippen LogP contribution is 2.12. The monoisotopic (exact) mass is 224 g/mol. The summed E-state index contributed by atoms with van der Waals surface area (Å²) in [6, 6.07) is 5.04. The van der Waals surface area contributed by atoms with E-state index in [1.807, 2.05) is 13.0 Å². The van der Waals surface area contributed by atoms with Gasteiger partial charge in [-0.05, 0) is 43.8 Å². The Morgan fingerprint density at radius 1 is 1.19 bits per heavy atom. The van der Waals surface area contributed by atoms with E-state index in [1.165, 1.54) is 12.1 Å². The molecule has 16 heavy (non-hydrogen) atoms. The Morgan fingerprint density at radius 2 is 1.88 bits per heavy atom. The standard InChI is InChI=1S/C13H21FN2/c1-4-16(5-2)7-6-15-13-9-11(3)8-12(14)10-13/h8-10,15H,4-7H2,1-3H3. The van der Waals surface area contributed by atoms with E-state index < -0.39 is 0 Å². The lowest BCUT2D eigenvalue weighted by Crippen LogP contribution is -2.28. The minimum absolute atomic E-state index is 0.176. The van der Waals surface area contributed by atoms with Gasteiger partial charge in [-0.1, -0.05) is 13.8 Å². The van der Waals surface area contributed by atoms with Crippen molar-refractivity contribution in [3.8, 4) is 0 Å². The van der Waals surface area contributed by atoms with Crippen molar-refractivity contribution in [1.82, 2.24) is 4.90 Å². The summed E-state index contributed by atoms with van der Waals surface area (Å²) in [7, 11) is 0. The van der Waals surface area contributed by atoms with Crippen LogP contribution in [0.25, 0.3) is 0 Å². The zero-order chi connectivity index (χ0) is 12.0. The van der Waals surface area contributed by atoms with Crippen LogP contribution in [0.1, 0.15) is 19.4 Å². The average molecular weight is 224 g/mol. The predicted octanol–water partition coefficient (Wildman–Crippen LogP) is 2.89. The van der Waals surface area contributed by atoms with Gasteiger partial charge >= 0.3 is 0 Å². The topological polar surface area (TPSA) is 15.3 Å². The molecule has 0 saturated heterocycles. The minimum Gasteiger partial charge on any atom is -0.384 e. The van der Waals surface area contributed by atoms with Crippen molar-refractivity contribution >= 4 is 5.69 Å². The first-order chi connectivity index (χ1) is 7.65. The summed E-state index contributed by atoms with van der Waals surface area (Å²) in [6.07, 6.45) is 0. The molecule has 0 aliphatic carbocycles. The summed E-state index contributed by atoms with van der Waals surface area (Å²) in [4.78, 5) is 2.33. The van der Waals surface area contributed by atoms with Crippen LogP contribution in [0.2, 0.25) is 0 Å². The third-order valence-corrected chi connectivity index (χ3v) is 2.69. The van der Waals surface area contributed by atoms with E-state index in [1.54, 1.807) is 0 Å². The molecule has 0 bridgehead atoms. The molecule has 0 aromatic heterocycles. The van der Waals surface area contributed by atoms with Crippen molar-refractivity contribution in [1.29, 1.82) is 0 Å². The van der Waals surface area contributed by atoms with Crippen molar-refractivity contribution in [2.75, 3.05) is 31.5 Å². The zero-order valence-corrected chi connectivity index (χ0v) is 10.4. The second kappa shape index (κ2) is 6.48. The number of nitrogens with one attached hydrogen (secondary N) is 1. The summed E-state index contributed by atoms with van der Waals surface area (Å²) in [5, 5.41) is 3.24. The lowest BCUT2D eigenvalue weighted by Gasteiger charge is -2.18. The van der Waals surface area contributed by atoms with Crippen LogP contribution in [-0.4, -0.2) is 31.1 Å². The van der Waals surface area contributed by atoms with Gasteiger partial charge in [0, 0.05) is 18.8 Å². The van der Waals surface area contributed by atoms with E-state index in [0.29, 0.717) is 0 Å². The number of likely N-dealkylation sites (N-methyl/N-ethyl adjacent to an activating group) is 1. The average Bonchev–Trinajstić information content (AvgIpc) is 2.23. The molecular formula is C13H21FN2. The van der Waals surface area contributed by atoms with Gasteiger partial charge < -0.3 is 10.2 Å². The molecule has 0 saturated carbocycles. The van der Waals surface area contributed by atoms with Crippen LogP contribution in [0.5, 0.6) is 0 Å². The first-order valence-electron chi connectivity index (χ1n) is 5.89. The fraction of sp³-hybridized carbons (Fsp3) is 0.538. The van der Waals surface area contributed by atoms with Crippen LogP contribution in [0.3, 0.4) is 0 Å². The number of anilines is 1. The second-order valence-corrected chi connectivity index (χ2v) is 3.97. The Kier molecular flexibility index (Phi) is 5.26. The molecule has 1 aromatic carbocycles. The molecule has 0 radical (unpaired) electrons. The number of hydrogen-bond acceptors (Lipinski definition) is 2. The van der Waals surface area contributed by atoms with Gasteiger partial charge in [-0.15, -0.1) is 0 Å². The number of halogens is 1. The summed E-state index contributed by atoms with van der Waals surface area (Å²) < 4.78 is 13.1. The minimum atomic E-state index is -0.176. The van der Waals surface area contributed by atoms with E-state index in [-0.39, 0.29) is 5.82 Å². The number of rotatable bonds is 6. The molecule has 90 valence electrons. The zero-order valence-electron chi connectivity index (χ0n) is 10.4. The van der Waals surface area contributed by atoms with Crippen LogP contribution >= 0.6 is 0 Å². The fourth-order valence-corrected chi connectivity index (χ4v) is 1.74. The summed E-state index contributed by atoms with van der Waals surface area (Å²) in [5.74, 6) is -0.176. The Morgan fingerprint density at radius 3 is 2.44 bits per heavy atom. The number of aryl methyl sites for hydroxylation is 1. The first kappa shape index (κ1) is 13.0. The van der Waals surface area contributed by atoms with E-state index in [4.69, 9.17) is 0 Å². The van der Waals surface area contributed by atoms with Crippen molar-refractivity contribution in [3.63, 3.8) is 0 Å². The molecule has 0 aliphatic heterocycles. The molecule has 0 heterocycles. The third kappa shape index (κ3) is 4.19. The maximum absolute atomic E-state index is 13.1. The van der Waals surface area contributed by atoms with Crippen LogP contribution in [0.4, 0.5) is 10.1 Å². The van der Waals surface area contributed by atoms with Gasteiger partial charge in [0.15, 0.2) is 0 Å². The molecular weight excluding hydrogens is 203 g/mol. The molecule has 2 nitrogen and oxygen atoms in total. The maximum Gasteiger partial charge on any atom is 0.125 e. The van der Waals surface area contributed by atoms with Gasteiger partial charge in [0.25, 0.3) is 0 Å².